The van der Waals surface area contributed by atoms with Crippen molar-refractivity contribution < 1.29 is 41.3 Å². The van der Waals surface area contributed by atoms with Crippen LogP contribution in [0.5, 0.6) is 23.0 Å². The number of anilines is 5. The molecule has 0 bridgehead atoms. The van der Waals surface area contributed by atoms with Crippen LogP contribution in [0.3, 0.4) is 0 Å². The Bertz CT molecular complexity index is 4840. The number of hydrogen-bond acceptors (Lipinski definition) is 19. The van der Waals surface area contributed by atoms with E-state index in [1.807, 2.05) is 23.9 Å². The van der Waals surface area contributed by atoms with Crippen molar-refractivity contribution in [1.82, 2.24) is 33.3 Å². The third-order valence-corrected chi connectivity index (χ3v) is 22.5. The number of carbonyl (C=O) groups excluding carboxylic acids is 1. The van der Waals surface area contributed by atoms with Gasteiger partial charge in [-0.25, -0.2) is 17.6 Å². The number of ketones is 1. The molecule has 4 saturated heterocycles. The number of benzene rings is 4. The second-order valence-electron chi connectivity index (χ2n) is 29.7. The summed E-state index contributed by atoms with van der Waals surface area (Å²) in [4.78, 5) is 53.4. The number of hydrogen-bond donors (Lipinski definition) is 0. The zero-order valence-corrected chi connectivity index (χ0v) is 64.7. The van der Waals surface area contributed by atoms with Gasteiger partial charge in [0.1, 0.15) is 49.2 Å². The van der Waals surface area contributed by atoms with Crippen LogP contribution in [0.1, 0.15) is 107 Å². The molecule has 7 aromatic rings. The molecule has 0 spiro atoms. The highest BCUT2D eigenvalue weighted by molar-refractivity contribution is 6.00. The van der Waals surface area contributed by atoms with Crippen molar-refractivity contribution in [1.29, 1.82) is 0 Å². The van der Waals surface area contributed by atoms with Crippen LogP contribution in [-0.4, -0.2) is 252 Å². The number of carbonyl (C=O) groups is 1. The maximum atomic E-state index is 15.3. The zero-order valence-electron chi connectivity index (χ0n) is 64.7. The van der Waals surface area contributed by atoms with Gasteiger partial charge in [0.2, 0.25) is 0 Å². The Kier molecular flexibility index (Phi) is 23.5. The lowest BCUT2D eigenvalue weighted by atomic mass is 9.87. The van der Waals surface area contributed by atoms with Crippen LogP contribution in [0.15, 0.2) is 79.6 Å². The molecule has 4 fully saturated rings. The zero-order chi connectivity index (χ0) is 75.3. The summed E-state index contributed by atoms with van der Waals surface area (Å²) in [6.45, 7) is 29.9. The van der Waals surface area contributed by atoms with Crippen LogP contribution in [0.25, 0.3) is 32.7 Å². The van der Waals surface area contributed by atoms with E-state index in [9.17, 15) is 4.79 Å². The van der Waals surface area contributed by atoms with E-state index >= 15 is 17.6 Å². The molecule has 12 heterocycles. The SMILES string of the molecule is C.CCc1cn2c3c(c(N4CCN(C)CC4)c(F)cc3c1=NC)OC[C@@H]2C.CN=CC1=CN2c3c(cc(F)c(N4CCN(C)CC4)c3OC[C@@H]2C)C1C.CN=Cc1cn2c3c(c(N4CCN(C)CC4)c(F)cc3c1=NC)OC[C@@H]2C.CN=c1c(C(C)=O)cn2c3c(c(N4CCN(C)CC4)c(F)cc13)OC[C@@H]2C. The number of pyridine rings is 3. The lowest BCUT2D eigenvalue weighted by Gasteiger charge is -2.43. The third-order valence-electron chi connectivity index (χ3n) is 22.5. The Labute approximate surface area is 626 Å². The molecule has 107 heavy (non-hydrogen) atoms. The van der Waals surface area contributed by atoms with E-state index in [-0.39, 0.29) is 66.6 Å². The first-order chi connectivity index (χ1) is 51.0. The van der Waals surface area contributed by atoms with E-state index in [0.29, 0.717) is 88.5 Å². The van der Waals surface area contributed by atoms with E-state index in [4.69, 9.17) is 18.9 Å². The Morgan fingerprint density at radius 3 is 1.21 bits per heavy atom. The molecule has 4 aromatic carbocycles. The summed E-state index contributed by atoms with van der Waals surface area (Å²) < 4.78 is 92.0. The van der Waals surface area contributed by atoms with Crippen LogP contribution in [0, 0.1) is 23.3 Å². The van der Waals surface area contributed by atoms with E-state index < -0.39 is 0 Å². The van der Waals surface area contributed by atoms with Crippen LogP contribution in [-0.2, 0) is 6.42 Å². The fourth-order valence-corrected chi connectivity index (χ4v) is 16.3. The van der Waals surface area contributed by atoms with Crippen LogP contribution in [0.2, 0.25) is 0 Å². The molecular formula is C81H109F4N17O5. The molecule has 3 aromatic heterocycles. The number of aryl methyl sites for hydroxylation is 1. The Morgan fingerprint density at radius 1 is 0.458 bits per heavy atom. The molecule has 9 aliphatic heterocycles. The van der Waals surface area contributed by atoms with Gasteiger partial charge >= 0.3 is 0 Å². The molecule has 576 valence electrons. The first-order valence-corrected chi connectivity index (χ1v) is 37.5. The molecule has 22 nitrogen and oxygen atoms in total. The summed E-state index contributed by atoms with van der Waals surface area (Å²) in [5.74, 6) is 1.63. The Hall–Kier alpha value is -8.98. The largest absolute Gasteiger partial charge is 0.487 e. The highest BCUT2D eigenvalue weighted by atomic mass is 19.1. The standard InChI is InChI=1S/C20H26FN5O.C20H25FN4O2.2C20H27FN4O.CH4/c1-13-12-27-20-18-15(17(23-3)14(10-22-2)11-26(13)18)9-16(21)19(20)25-7-5-24(4)6-8-25;1-12-11-27-20-18-14(17(22-3)15(13(2)26)10-25(12)18)9-16(21)19(20)24-7-5-23(4)6-8-24;1-13-12-26-20-18-16(14(2)15(10-22-3)11-25(13)18)9-17(21)19(20)24-7-5-23(4)6-8-24;1-5-14-11-25-13(2)12-26-20-18(25)15(17(14)22-3)10-16(21)19(20)24-8-6-23(4)7-9-24;/h9-11,13H,5-8,12H2,1-4H3;9-10,12H,5-8,11H2,1-4H3;9-11,13-14H,5-8,12H2,1-4H3;10-11,13H,5-9,12H2,1-4H3;1H4/t13-;12-;13-,14?;13-;/m0000./s1. The number of aromatic nitrogens is 3. The van der Waals surface area contributed by atoms with Gasteiger partial charge in [-0.1, -0.05) is 21.3 Å². The van der Waals surface area contributed by atoms with Crippen molar-refractivity contribution in [2.75, 3.05) is 219 Å². The quantitative estimate of drug-likeness (QED) is 0.0803. The number of piperazine rings is 4. The molecule has 0 N–H and O–H groups in total. The lowest BCUT2D eigenvalue weighted by Crippen LogP contribution is -2.46. The van der Waals surface area contributed by atoms with Crippen molar-refractivity contribution in [3.8, 4) is 23.0 Å². The highest BCUT2D eigenvalue weighted by Crippen LogP contribution is 2.52. The smallest absolute Gasteiger partial charge is 0.170 e. The average Bonchev–Trinajstić information content (AvgIpc) is 0.754. The minimum Gasteiger partial charge on any atom is -0.487 e. The molecule has 5 atom stereocenters. The van der Waals surface area contributed by atoms with Crippen molar-refractivity contribution in [2.24, 2.45) is 25.0 Å². The molecular weight excluding hydrogens is 1370 g/mol. The van der Waals surface area contributed by atoms with Gasteiger partial charge in [0.05, 0.1) is 68.0 Å². The monoisotopic (exact) mass is 1480 g/mol. The van der Waals surface area contributed by atoms with Gasteiger partial charge in [0.15, 0.2) is 52.1 Å². The molecule has 0 aliphatic carbocycles. The molecule has 26 heteroatoms. The Morgan fingerprint density at radius 2 is 0.813 bits per heavy atom. The number of rotatable bonds is 8. The van der Waals surface area contributed by atoms with E-state index in [1.54, 1.807) is 59.7 Å². The first-order valence-electron chi connectivity index (χ1n) is 37.5. The van der Waals surface area contributed by atoms with Gasteiger partial charge in [-0.15, -0.1) is 0 Å². The van der Waals surface area contributed by atoms with Crippen molar-refractivity contribution in [3.05, 3.63) is 116 Å². The van der Waals surface area contributed by atoms with Crippen molar-refractivity contribution in [2.45, 2.75) is 92.4 Å². The summed E-state index contributed by atoms with van der Waals surface area (Å²) in [7, 11) is 17.0. The normalized spacial score (nSPS) is 22.1. The van der Waals surface area contributed by atoms with E-state index in [1.165, 1.54) is 13.0 Å². The summed E-state index contributed by atoms with van der Waals surface area (Å²) >= 11 is 0. The highest BCUT2D eigenvalue weighted by Gasteiger charge is 2.39. The number of halogens is 4. The second-order valence-corrected chi connectivity index (χ2v) is 29.7. The number of Topliss-reactive ketones (excluding diaryl/α,β-unsaturated/α-hetero) is 1. The average molecular weight is 1480 g/mol. The fourth-order valence-electron chi connectivity index (χ4n) is 16.3. The Balaban J connectivity index is 0.000000133. The third kappa shape index (κ3) is 14.6. The number of allylic oxidation sites excluding steroid dienone is 1. The molecule has 0 radical (unpaired) electrons. The van der Waals surface area contributed by atoms with Crippen LogP contribution < -0.4 is 59.5 Å². The summed E-state index contributed by atoms with van der Waals surface area (Å²) in [6, 6.07) is 7.12. The van der Waals surface area contributed by atoms with Gasteiger partial charge in [0, 0.05) is 205 Å². The fraction of sp³-hybridized carbons (Fsp3) is 0.531. The number of nitrogens with zero attached hydrogens (tertiary/aromatic N) is 17. The van der Waals surface area contributed by atoms with Gasteiger partial charge in [0.25, 0.3) is 0 Å². The van der Waals surface area contributed by atoms with Gasteiger partial charge in [-0.05, 0) is 110 Å². The lowest BCUT2D eigenvalue weighted by molar-refractivity contribution is 0.101. The topological polar surface area (TPSA) is 160 Å². The van der Waals surface area contributed by atoms with Gasteiger partial charge < -0.3 is 76.7 Å². The first kappa shape index (κ1) is 77.6. The summed E-state index contributed by atoms with van der Waals surface area (Å²) in [6.07, 6.45) is 12.7. The number of likely N-dealkylation sites (N-methyl/N-ethyl adjacent to an activating group) is 4. The van der Waals surface area contributed by atoms with E-state index in [0.717, 1.165) is 177 Å². The molecule has 16 rings (SSSR count). The second kappa shape index (κ2) is 32.5. The van der Waals surface area contributed by atoms with Crippen molar-refractivity contribution in [3.63, 3.8) is 0 Å². The van der Waals surface area contributed by atoms with E-state index in [2.05, 4.69) is 160 Å². The van der Waals surface area contributed by atoms with Crippen molar-refractivity contribution >= 4 is 79.4 Å². The maximum Gasteiger partial charge on any atom is 0.170 e. The minimum absolute atomic E-state index is 0. The minimum atomic E-state index is -0.325. The summed E-state index contributed by atoms with van der Waals surface area (Å²) in [5, 5.41) is 4.39. The summed E-state index contributed by atoms with van der Waals surface area (Å²) in [5.41, 5.74) is 10.7. The molecule has 0 amide bonds. The van der Waals surface area contributed by atoms with Crippen LogP contribution >= 0.6 is 0 Å². The van der Waals surface area contributed by atoms with Gasteiger partial charge in [-0.2, -0.15) is 0 Å². The predicted octanol–water partition coefficient (Wildman–Crippen LogP) is 10.4. The number of ether oxygens (including phenoxy) is 4. The maximum absolute atomic E-state index is 15.3. The molecule has 9 aliphatic rings. The van der Waals surface area contributed by atoms with Gasteiger partial charge in [-0.3, -0.25) is 29.8 Å². The molecule has 0 saturated carbocycles. The number of aliphatic imine (C=N–C) groups is 2. The van der Waals surface area contributed by atoms with Crippen LogP contribution in [0.4, 0.5) is 46.0 Å². The molecule has 1 unspecified atom stereocenters. The predicted molar refractivity (Wildman–Crippen MR) is 424 cm³/mol.